The van der Waals surface area contributed by atoms with Crippen LogP contribution in [0, 0.1) is 5.92 Å². The Morgan fingerprint density at radius 2 is 2.54 bits per heavy atom. The first-order valence-electron chi connectivity index (χ1n) is 4.06. The molecule has 0 aromatic carbocycles. The lowest BCUT2D eigenvalue weighted by Gasteiger charge is -2.14. The molecule has 2 rings (SSSR count). The lowest BCUT2D eigenvalue weighted by atomic mass is 9.96. The minimum atomic E-state index is -0.779. The average Bonchev–Trinajstić information content (AvgIpc) is 2.49. The Bertz CT molecular complexity index is 320. The predicted octanol–water partition coefficient (Wildman–Crippen LogP) is 1.67. The van der Waals surface area contributed by atoms with Crippen molar-refractivity contribution in [3.63, 3.8) is 0 Å². The predicted molar refractivity (Wildman–Crippen MR) is 52.8 cm³/mol. The molecule has 2 unspecified atom stereocenters. The second kappa shape index (κ2) is 3.38. The van der Waals surface area contributed by atoms with Gasteiger partial charge in [0.15, 0.2) is 0 Å². The number of aliphatic carboxylic acids is 1. The Hall–Kier alpha value is -1.03. The third-order valence-corrected chi connectivity index (χ3v) is 3.00. The van der Waals surface area contributed by atoms with E-state index in [4.69, 9.17) is 5.11 Å². The molecular formula is C9H9NO2S. The van der Waals surface area contributed by atoms with E-state index in [9.17, 15) is 4.79 Å². The van der Waals surface area contributed by atoms with E-state index in [0.717, 1.165) is 5.57 Å². The molecule has 0 aromatic heterocycles. The normalized spacial score (nSPS) is 30.0. The second-order valence-electron chi connectivity index (χ2n) is 3.07. The number of allylic oxidation sites excluding steroid dienone is 2. The topological polar surface area (TPSA) is 49.7 Å². The van der Waals surface area contributed by atoms with E-state index in [0.29, 0.717) is 11.2 Å². The fraction of sp³-hybridized carbons (Fsp3) is 0.333. The number of nitrogens with zero attached hydrogens (tertiary/aromatic N) is 1. The smallest absolute Gasteiger partial charge is 0.307 e. The number of fused-ring (bicyclic) bond motifs is 1. The van der Waals surface area contributed by atoms with Crippen molar-refractivity contribution in [1.82, 2.24) is 0 Å². The summed E-state index contributed by atoms with van der Waals surface area (Å²) >= 11 is 1.51. The van der Waals surface area contributed by atoms with Crippen LogP contribution in [0.3, 0.4) is 0 Å². The lowest BCUT2D eigenvalue weighted by molar-refractivity contribution is -0.136. The highest BCUT2D eigenvalue weighted by Gasteiger charge is 2.24. The maximum absolute atomic E-state index is 10.4. The molecule has 2 aliphatic rings. The van der Waals surface area contributed by atoms with Crippen LogP contribution < -0.4 is 0 Å². The largest absolute Gasteiger partial charge is 0.481 e. The van der Waals surface area contributed by atoms with Crippen LogP contribution in [0.2, 0.25) is 0 Å². The molecule has 68 valence electrons. The zero-order valence-corrected chi connectivity index (χ0v) is 7.70. The Morgan fingerprint density at radius 1 is 1.69 bits per heavy atom. The van der Waals surface area contributed by atoms with Gasteiger partial charge in [-0.3, -0.25) is 4.79 Å². The highest BCUT2D eigenvalue weighted by atomic mass is 32.2. The van der Waals surface area contributed by atoms with Gasteiger partial charge in [0.2, 0.25) is 0 Å². The van der Waals surface area contributed by atoms with Crippen LogP contribution in [0.15, 0.2) is 28.2 Å². The van der Waals surface area contributed by atoms with Crippen molar-refractivity contribution in [2.75, 3.05) is 0 Å². The van der Waals surface area contributed by atoms with E-state index in [1.54, 1.807) is 0 Å². The molecule has 0 saturated carbocycles. The second-order valence-corrected chi connectivity index (χ2v) is 4.04. The monoisotopic (exact) mass is 195 g/mol. The fourth-order valence-electron chi connectivity index (χ4n) is 1.43. The Labute approximate surface area is 80.4 Å². The van der Waals surface area contributed by atoms with Crippen LogP contribution in [0.1, 0.15) is 6.42 Å². The van der Waals surface area contributed by atoms with Crippen LogP contribution in [0.5, 0.6) is 0 Å². The van der Waals surface area contributed by atoms with E-state index in [1.807, 2.05) is 24.4 Å². The summed E-state index contributed by atoms with van der Waals surface area (Å²) in [5.41, 5.74) is 0.881. The Balaban J connectivity index is 2.08. The zero-order valence-electron chi connectivity index (χ0n) is 6.88. The van der Waals surface area contributed by atoms with E-state index in [-0.39, 0.29) is 6.42 Å². The molecule has 4 heteroatoms. The molecule has 13 heavy (non-hydrogen) atoms. The van der Waals surface area contributed by atoms with Gasteiger partial charge in [-0.15, -0.1) is 0 Å². The van der Waals surface area contributed by atoms with Gasteiger partial charge in [-0.1, -0.05) is 18.2 Å². The molecule has 0 amide bonds. The molecule has 1 heterocycles. The van der Waals surface area contributed by atoms with Crippen LogP contribution in [0.25, 0.3) is 0 Å². The highest BCUT2D eigenvalue weighted by molar-refractivity contribution is 7.99. The van der Waals surface area contributed by atoms with Crippen LogP contribution in [0.4, 0.5) is 0 Å². The van der Waals surface area contributed by atoms with Gasteiger partial charge < -0.3 is 5.11 Å². The summed E-state index contributed by atoms with van der Waals surface area (Å²) in [7, 11) is 0. The van der Waals surface area contributed by atoms with Gasteiger partial charge in [0, 0.05) is 12.1 Å². The summed E-state index contributed by atoms with van der Waals surface area (Å²) in [4.78, 5) is 10.4. The van der Waals surface area contributed by atoms with E-state index in [1.165, 1.54) is 11.9 Å². The lowest BCUT2D eigenvalue weighted by Crippen LogP contribution is -2.13. The van der Waals surface area contributed by atoms with Gasteiger partial charge in [0.05, 0.1) is 11.7 Å². The number of carboxylic acids is 1. The molecule has 3 nitrogen and oxygen atoms in total. The van der Waals surface area contributed by atoms with Gasteiger partial charge in [-0.05, 0) is 17.5 Å². The molecule has 1 N–H and O–H groups in total. The van der Waals surface area contributed by atoms with Crippen molar-refractivity contribution in [1.29, 1.82) is 0 Å². The molecule has 0 fully saturated rings. The number of hydrogen-bond acceptors (Lipinski definition) is 3. The summed E-state index contributed by atoms with van der Waals surface area (Å²) in [5.74, 6) is -0.416. The van der Waals surface area contributed by atoms with Gasteiger partial charge in [-0.2, -0.15) is 0 Å². The number of carbonyl (C=O) groups is 1. The first-order chi connectivity index (χ1) is 6.25. The molecule has 0 saturated heterocycles. The maximum atomic E-state index is 10.4. The summed E-state index contributed by atoms with van der Waals surface area (Å²) in [6.07, 6.45) is 7.91. The quantitative estimate of drug-likeness (QED) is 0.682. The molecule has 0 bridgehead atoms. The Morgan fingerprint density at radius 3 is 3.31 bits per heavy atom. The standard InChI is InChI=1S/C9H9NO2S/c11-9(12)4-6-1-2-7-5-10-13-8(7)3-6/h1-3,5,7-8H,4H2,(H,11,12). The Kier molecular flexibility index (Phi) is 2.22. The van der Waals surface area contributed by atoms with Crippen LogP contribution >= 0.6 is 11.9 Å². The van der Waals surface area contributed by atoms with Crippen LogP contribution in [-0.2, 0) is 4.79 Å². The van der Waals surface area contributed by atoms with E-state index in [2.05, 4.69) is 4.40 Å². The minimum Gasteiger partial charge on any atom is -0.481 e. The van der Waals surface area contributed by atoms with Crippen molar-refractivity contribution in [3.8, 4) is 0 Å². The summed E-state index contributed by atoms with van der Waals surface area (Å²) in [6.45, 7) is 0. The van der Waals surface area contributed by atoms with Crippen molar-refractivity contribution in [3.05, 3.63) is 23.8 Å². The first kappa shape index (κ1) is 8.56. The van der Waals surface area contributed by atoms with Crippen molar-refractivity contribution >= 4 is 24.1 Å². The number of carboxylic acid groups (broad SMARTS) is 1. The average molecular weight is 195 g/mol. The van der Waals surface area contributed by atoms with Crippen molar-refractivity contribution in [2.24, 2.45) is 10.3 Å². The third-order valence-electron chi connectivity index (χ3n) is 2.06. The molecule has 0 aromatic rings. The molecule has 1 aliphatic heterocycles. The van der Waals surface area contributed by atoms with Gasteiger partial charge in [0.25, 0.3) is 0 Å². The zero-order chi connectivity index (χ0) is 9.26. The van der Waals surface area contributed by atoms with E-state index >= 15 is 0 Å². The third kappa shape index (κ3) is 1.83. The summed E-state index contributed by atoms with van der Waals surface area (Å²) in [6, 6.07) is 0. The highest BCUT2D eigenvalue weighted by Crippen LogP contribution is 2.33. The maximum Gasteiger partial charge on any atom is 0.307 e. The van der Waals surface area contributed by atoms with Gasteiger partial charge in [-0.25, -0.2) is 4.40 Å². The molecule has 1 aliphatic carbocycles. The SMILES string of the molecule is O=C(O)CC1=CC2SN=CC2C=C1. The summed E-state index contributed by atoms with van der Waals surface area (Å²) in [5, 5.41) is 8.91. The van der Waals surface area contributed by atoms with E-state index < -0.39 is 5.97 Å². The van der Waals surface area contributed by atoms with Gasteiger partial charge in [0.1, 0.15) is 0 Å². The number of rotatable bonds is 2. The van der Waals surface area contributed by atoms with Crippen LogP contribution in [-0.4, -0.2) is 22.5 Å². The fourth-order valence-corrected chi connectivity index (χ4v) is 2.31. The number of hydrogen-bond donors (Lipinski definition) is 1. The van der Waals surface area contributed by atoms with Crippen molar-refractivity contribution in [2.45, 2.75) is 11.7 Å². The minimum absolute atomic E-state index is 0.111. The van der Waals surface area contributed by atoms with Crippen molar-refractivity contribution < 1.29 is 9.90 Å². The molecule has 0 radical (unpaired) electrons. The first-order valence-corrected chi connectivity index (χ1v) is 4.89. The van der Waals surface area contributed by atoms with Gasteiger partial charge >= 0.3 is 5.97 Å². The molecule has 0 spiro atoms. The molecular weight excluding hydrogens is 186 g/mol. The summed E-state index contributed by atoms with van der Waals surface area (Å²) < 4.78 is 4.09. The molecule has 2 atom stereocenters.